The van der Waals surface area contributed by atoms with Crippen LogP contribution in [0.3, 0.4) is 0 Å². The summed E-state index contributed by atoms with van der Waals surface area (Å²) in [6.07, 6.45) is 3.59. The van der Waals surface area contributed by atoms with E-state index in [9.17, 15) is 0 Å². The number of nitrogens with zero attached hydrogens (tertiary/aromatic N) is 2. The number of hydrogen-bond donors (Lipinski definition) is 0. The highest BCUT2D eigenvalue weighted by Crippen LogP contribution is 2.31. The predicted octanol–water partition coefficient (Wildman–Crippen LogP) is 3.28. The van der Waals surface area contributed by atoms with Gasteiger partial charge in [-0.15, -0.1) is 11.3 Å². The minimum atomic E-state index is 0.928. The van der Waals surface area contributed by atoms with Crippen molar-refractivity contribution >= 4 is 27.3 Å². The van der Waals surface area contributed by atoms with Gasteiger partial charge in [0.25, 0.3) is 0 Å². The molecule has 0 atom stereocenters. The molecular formula is C9H7BrN2S. The van der Waals surface area contributed by atoms with Gasteiger partial charge in [-0.3, -0.25) is 4.98 Å². The van der Waals surface area contributed by atoms with Gasteiger partial charge in [-0.25, -0.2) is 4.98 Å². The molecule has 0 aliphatic rings. The van der Waals surface area contributed by atoms with Crippen LogP contribution in [0.1, 0.15) is 5.69 Å². The Labute approximate surface area is 88.8 Å². The third-order valence-corrected chi connectivity index (χ3v) is 3.37. The first-order chi connectivity index (χ1) is 6.27. The second-order valence-corrected chi connectivity index (χ2v) is 4.89. The summed E-state index contributed by atoms with van der Waals surface area (Å²) < 4.78 is 0.928. The summed E-state index contributed by atoms with van der Waals surface area (Å²) >= 11 is 5.02. The van der Waals surface area contributed by atoms with Crippen molar-refractivity contribution in [3.05, 3.63) is 34.1 Å². The molecule has 2 heterocycles. The molecule has 0 N–H and O–H groups in total. The molecule has 0 aliphatic carbocycles. The van der Waals surface area contributed by atoms with Crippen molar-refractivity contribution in [1.29, 1.82) is 0 Å². The van der Waals surface area contributed by atoms with Crippen molar-refractivity contribution in [2.24, 2.45) is 0 Å². The van der Waals surface area contributed by atoms with Crippen molar-refractivity contribution in [2.45, 2.75) is 6.92 Å². The van der Waals surface area contributed by atoms with E-state index in [-0.39, 0.29) is 0 Å². The Morgan fingerprint density at radius 2 is 2.00 bits per heavy atom. The summed E-state index contributed by atoms with van der Waals surface area (Å²) in [7, 11) is 0. The summed E-state index contributed by atoms with van der Waals surface area (Å²) in [5.74, 6) is 0. The zero-order valence-corrected chi connectivity index (χ0v) is 9.39. The lowest BCUT2D eigenvalue weighted by molar-refractivity contribution is 1.24. The van der Waals surface area contributed by atoms with Crippen molar-refractivity contribution in [1.82, 2.24) is 9.97 Å². The van der Waals surface area contributed by atoms with Gasteiger partial charge in [0.05, 0.1) is 10.6 Å². The predicted molar refractivity (Wildman–Crippen MR) is 57.8 cm³/mol. The molecule has 0 radical (unpaired) electrons. The SMILES string of the molecule is Cc1nc(Br)sc1-c1ccncc1. The topological polar surface area (TPSA) is 25.8 Å². The first kappa shape index (κ1) is 8.84. The van der Waals surface area contributed by atoms with E-state index in [2.05, 4.69) is 25.9 Å². The maximum atomic E-state index is 4.30. The zero-order valence-electron chi connectivity index (χ0n) is 6.99. The van der Waals surface area contributed by atoms with Crippen LogP contribution in [0.2, 0.25) is 0 Å². The highest BCUT2D eigenvalue weighted by atomic mass is 79.9. The number of aryl methyl sites for hydroxylation is 1. The van der Waals surface area contributed by atoms with Gasteiger partial charge in [0, 0.05) is 12.4 Å². The maximum absolute atomic E-state index is 4.30. The molecule has 4 heteroatoms. The quantitative estimate of drug-likeness (QED) is 0.781. The second kappa shape index (κ2) is 3.55. The summed E-state index contributed by atoms with van der Waals surface area (Å²) in [6.45, 7) is 2.01. The molecule has 2 nitrogen and oxygen atoms in total. The van der Waals surface area contributed by atoms with Crippen LogP contribution in [0.4, 0.5) is 0 Å². The third kappa shape index (κ3) is 1.78. The number of aromatic nitrogens is 2. The number of rotatable bonds is 1. The minimum Gasteiger partial charge on any atom is -0.265 e. The van der Waals surface area contributed by atoms with Crippen molar-refractivity contribution in [3.8, 4) is 10.4 Å². The molecule has 0 bridgehead atoms. The molecule has 2 rings (SSSR count). The molecule has 0 spiro atoms. The molecule has 0 saturated heterocycles. The summed E-state index contributed by atoms with van der Waals surface area (Å²) in [5, 5.41) is 0. The number of thiazole rings is 1. The van der Waals surface area contributed by atoms with E-state index < -0.39 is 0 Å². The fraction of sp³-hybridized carbons (Fsp3) is 0.111. The Kier molecular flexibility index (Phi) is 2.42. The van der Waals surface area contributed by atoms with Gasteiger partial charge in [0.15, 0.2) is 3.92 Å². The van der Waals surface area contributed by atoms with Crippen LogP contribution >= 0.6 is 27.3 Å². The lowest BCUT2D eigenvalue weighted by Crippen LogP contribution is -1.77. The maximum Gasteiger partial charge on any atom is 0.159 e. The van der Waals surface area contributed by atoms with Crippen LogP contribution in [0.5, 0.6) is 0 Å². The van der Waals surface area contributed by atoms with Gasteiger partial charge < -0.3 is 0 Å². The van der Waals surface area contributed by atoms with Crippen LogP contribution in [0, 0.1) is 6.92 Å². The van der Waals surface area contributed by atoms with E-state index in [0.717, 1.165) is 9.61 Å². The van der Waals surface area contributed by atoms with Crippen LogP contribution in [-0.4, -0.2) is 9.97 Å². The van der Waals surface area contributed by atoms with E-state index in [0.29, 0.717) is 0 Å². The minimum absolute atomic E-state index is 0.928. The van der Waals surface area contributed by atoms with Crippen LogP contribution in [0.15, 0.2) is 28.4 Å². The van der Waals surface area contributed by atoms with E-state index in [4.69, 9.17) is 0 Å². The van der Waals surface area contributed by atoms with Crippen molar-refractivity contribution in [3.63, 3.8) is 0 Å². The summed E-state index contributed by atoms with van der Waals surface area (Å²) in [5.41, 5.74) is 2.23. The number of pyridine rings is 1. The van der Waals surface area contributed by atoms with Crippen molar-refractivity contribution in [2.75, 3.05) is 0 Å². The Morgan fingerprint density at radius 3 is 2.54 bits per heavy atom. The van der Waals surface area contributed by atoms with Crippen molar-refractivity contribution < 1.29 is 0 Å². The molecule has 0 aromatic carbocycles. The molecule has 0 unspecified atom stereocenters. The first-order valence-electron chi connectivity index (χ1n) is 3.80. The Morgan fingerprint density at radius 1 is 1.31 bits per heavy atom. The second-order valence-electron chi connectivity index (χ2n) is 2.62. The fourth-order valence-corrected chi connectivity index (χ4v) is 2.68. The molecule has 2 aromatic rings. The van der Waals surface area contributed by atoms with Crippen LogP contribution in [-0.2, 0) is 0 Å². The molecule has 66 valence electrons. The first-order valence-corrected chi connectivity index (χ1v) is 5.41. The van der Waals surface area contributed by atoms with Gasteiger partial charge in [-0.05, 0) is 40.5 Å². The zero-order chi connectivity index (χ0) is 9.26. The highest BCUT2D eigenvalue weighted by molar-refractivity contribution is 9.11. The molecule has 0 saturated carbocycles. The molecule has 2 aromatic heterocycles. The van der Waals surface area contributed by atoms with E-state index in [1.807, 2.05) is 19.1 Å². The Balaban J connectivity index is 2.53. The van der Waals surface area contributed by atoms with Crippen LogP contribution < -0.4 is 0 Å². The lowest BCUT2D eigenvalue weighted by atomic mass is 10.2. The molecule has 13 heavy (non-hydrogen) atoms. The lowest BCUT2D eigenvalue weighted by Gasteiger charge is -1.95. The Hall–Kier alpha value is -0.740. The third-order valence-electron chi connectivity index (χ3n) is 1.71. The average Bonchev–Trinajstić information content (AvgIpc) is 2.47. The molecular weight excluding hydrogens is 248 g/mol. The molecule has 0 fully saturated rings. The normalized spacial score (nSPS) is 10.3. The largest absolute Gasteiger partial charge is 0.265 e. The number of halogens is 1. The van der Waals surface area contributed by atoms with Gasteiger partial charge in [0.2, 0.25) is 0 Å². The monoisotopic (exact) mass is 254 g/mol. The van der Waals surface area contributed by atoms with Gasteiger partial charge in [-0.2, -0.15) is 0 Å². The molecule has 0 aliphatic heterocycles. The Bertz CT molecular complexity index is 411. The molecule has 0 amide bonds. The fourth-order valence-electron chi connectivity index (χ4n) is 1.13. The summed E-state index contributed by atoms with van der Waals surface area (Å²) in [6, 6.07) is 3.99. The van der Waals surface area contributed by atoms with Crippen LogP contribution in [0.25, 0.3) is 10.4 Å². The standard InChI is InChI=1S/C9H7BrN2S/c1-6-8(13-9(10)12-6)7-2-4-11-5-3-7/h2-5H,1H3. The van der Waals surface area contributed by atoms with E-state index in [1.54, 1.807) is 23.7 Å². The average molecular weight is 255 g/mol. The number of hydrogen-bond acceptors (Lipinski definition) is 3. The van der Waals surface area contributed by atoms with Gasteiger partial charge >= 0.3 is 0 Å². The van der Waals surface area contributed by atoms with E-state index >= 15 is 0 Å². The highest BCUT2D eigenvalue weighted by Gasteiger charge is 2.06. The van der Waals surface area contributed by atoms with Gasteiger partial charge in [-0.1, -0.05) is 0 Å². The smallest absolute Gasteiger partial charge is 0.159 e. The summed E-state index contributed by atoms with van der Waals surface area (Å²) in [4.78, 5) is 9.49. The van der Waals surface area contributed by atoms with Gasteiger partial charge in [0.1, 0.15) is 0 Å². The van der Waals surface area contributed by atoms with E-state index in [1.165, 1.54) is 10.4 Å².